The number of aliphatic carboxylic acids is 1. The first-order valence-corrected chi connectivity index (χ1v) is 12.0. The van der Waals surface area contributed by atoms with Gasteiger partial charge in [-0.2, -0.15) is 0 Å². The SMILES string of the molecule is COc1cc(C#CC2=CCC(/C=C(\C)C(=O)O)C=C2)cc2c1C(N(C)C1CC1)CCC2(C)C. The van der Waals surface area contributed by atoms with Gasteiger partial charge in [0.15, 0.2) is 0 Å². The third-order valence-corrected chi connectivity index (χ3v) is 7.37. The number of nitrogens with zero attached hydrogens (tertiary/aromatic N) is 1. The predicted molar refractivity (Wildman–Crippen MR) is 132 cm³/mol. The van der Waals surface area contributed by atoms with Crippen LogP contribution in [0.5, 0.6) is 5.75 Å². The van der Waals surface area contributed by atoms with Crippen LogP contribution in [0.1, 0.15) is 75.6 Å². The number of rotatable bonds is 5. The Hall–Kier alpha value is -2.77. The Morgan fingerprint density at radius 1 is 1.24 bits per heavy atom. The van der Waals surface area contributed by atoms with Crippen molar-refractivity contribution in [2.45, 2.75) is 70.4 Å². The fraction of sp³-hybridized carbons (Fsp3) is 0.483. The minimum Gasteiger partial charge on any atom is -0.496 e. The van der Waals surface area contributed by atoms with Gasteiger partial charge < -0.3 is 9.84 Å². The number of ether oxygens (including phenoxy) is 1. The second kappa shape index (κ2) is 9.23. The van der Waals surface area contributed by atoms with Crippen molar-refractivity contribution in [1.82, 2.24) is 4.90 Å². The summed E-state index contributed by atoms with van der Waals surface area (Å²) in [5.74, 6) is 6.85. The van der Waals surface area contributed by atoms with Gasteiger partial charge in [0.25, 0.3) is 0 Å². The van der Waals surface area contributed by atoms with Gasteiger partial charge in [0.05, 0.1) is 7.11 Å². The third kappa shape index (κ3) is 5.09. The van der Waals surface area contributed by atoms with Crippen molar-refractivity contribution in [2.24, 2.45) is 5.92 Å². The molecule has 1 saturated carbocycles. The molecule has 0 amide bonds. The topological polar surface area (TPSA) is 49.8 Å². The molecule has 4 rings (SSSR count). The number of hydrogen-bond donors (Lipinski definition) is 1. The summed E-state index contributed by atoms with van der Waals surface area (Å²) < 4.78 is 5.91. The van der Waals surface area contributed by atoms with Crippen molar-refractivity contribution in [2.75, 3.05) is 14.2 Å². The zero-order chi connectivity index (χ0) is 23.8. The molecule has 3 aliphatic carbocycles. The molecule has 0 bridgehead atoms. The molecule has 0 aromatic heterocycles. The zero-order valence-corrected chi connectivity index (χ0v) is 20.4. The lowest BCUT2D eigenvalue weighted by Crippen LogP contribution is -2.35. The summed E-state index contributed by atoms with van der Waals surface area (Å²) in [7, 11) is 4.03. The number of carbonyl (C=O) groups is 1. The van der Waals surface area contributed by atoms with Crippen LogP contribution in [0.4, 0.5) is 0 Å². The van der Waals surface area contributed by atoms with Crippen molar-refractivity contribution in [3.63, 3.8) is 0 Å². The first-order chi connectivity index (χ1) is 15.7. The molecule has 2 unspecified atom stereocenters. The first kappa shape index (κ1) is 23.4. The van der Waals surface area contributed by atoms with E-state index in [4.69, 9.17) is 9.84 Å². The lowest BCUT2D eigenvalue weighted by Gasteiger charge is -2.41. The van der Waals surface area contributed by atoms with Gasteiger partial charge >= 0.3 is 5.97 Å². The fourth-order valence-corrected chi connectivity index (χ4v) is 5.08. The Labute approximate surface area is 198 Å². The van der Waals surface area contributed by atoms with Crippen LogP contribution >= 0.6 is 0 Å². The lowest BCUT2D eigenvalue weighted by atomic mass is 9.70. The normalized spacial score (nSPS) is 23.9. The third-order valence-electron chi connectivity index (χ3n) is 7.37. The largest absolute Gasteiger partial charge is 0.496 e. The number of benzene rings is 1. The zero-order valence-electron chi connectivity index (χ0n) is 20.4. The molecule has 4 heteroatoms. The highest BCUT2D eigenvalue weighted by molar-refractivity contribution is 5.85. The highest BCUT2D eigenvalue weighted by Crippen LogP contribution is 2.49. The van der Waals surface area contributed by atoms with Gasteiger partial charge in [-0.3, -0.25) is 4.90 Å². The van der Waals surface area contributed by atoms with Crippen molar-refractivity contribution in [1.29, 1.82) is 0 Å². The molecule has 1 fully saturated rings. The molecule has 4 nitrogen and oxygen atoms in total. The molecule has 174 valence electrons. The van der Waals surface area contributed by atoms with Crippen molar-refractivity contribution in [3.05, 3.63) is 64.3 Å². The highest BCUT2D eigenvalue weighted by Gasteiger charge is 2.40. The van der Waals surface area contributed by atoms with E-state index in [0.717, 1.165) is 36.1 Å². The average Bonchev–Trinajstić information content (AvgIpc) is 3.63. The van der Waals surface area contributed by atoms with Crippen molar-refractivity contribution < 1.29 is 14.6 Å². The molecular weight excluding hydrogens is 410 g/mol. The summed E-state index contributed by atoms with van der Waals surface area (Å²) in [4.78, 5) is 13.6. The predicted octanol–water partition coefficient (Wildman–Crippen LogP) is 5.79. The smallest absolute Gasteiger partial charge is 0.330 e. The van der Waals surface area contributed by atoms with E-state index in [9.17, 15) is 4.79 Å². The van der Waals surface area contributed by atoms with Crippen LogP contribution in [-0.4, -0.2) is 36.2 Å². The Balaban J connectivity index is 1.61. The molecule has 2 atom stereocenters. The molecule has 0 spiro atoms. The summed E-state index contributed by atoms with van der Waals surface area (Å²) in [6, 6.07) is 5.47. The number of carboxylic acid groups (broad SMARTS) is 1. The molecule has 0 aliphatic heterocycles. The Bertz CT molecular complexity index is 1090. The summed E-state index contributed by atoms with van der Waals surface area (Å²) in [5, 5.41) is 9.07. The number of allylic oxidation sites excluding steroid dienone is 5. The highest BCUT2D eigenvalue weighted by atomic mass is 16.5. The van der Waals surface area contributed by atoms with Crippen LogP contribution in [-0.2, 0) is 10.2 Å². The second-order valence-corrected chi connectivity index (χ2v) is 10.3. The van der Waals surface area contributed by atoms with Crippen LogP contribution in [0.3, 0.4) is 0 Å². The van der Waals surface area contributed by atoms with Crippen molar-refractivity contribution >= 4 is 5.97 Å². The maximum atomic E-state index is 11.0. The molecule has 1 aromatic carbocycles. The van der Waals surface area contributed by atoms with Gasteiger partial charge in [0.1, 0.15) is 5.75 Å². The van der Waals surface area contributed by atoms with E-state index in [1.54, 1.807) is 20.1 Å². The van der Waals surface area contributed by atoms with E-state index < -0.39 is 5.97 Å². The molecule has 33 heavy (non-hydrogen) atoms. The maximum absolute atomic E-state index is 11.0. The van der Waals surface area contributed by atoms with Gasteiger partial charge in [-0.15, -0.1) is 0 Å². The molecule has 1 N–H and O–H groups in total. The van der Waals surface area contributed by atoms with Crippen LogP contribution in [0, 0.1) is 17.8 Å². The van der Waals surface area contributed by atoms with E-state index in [-0.39, 0.29) is 11.3 Å². The molecule has 3 aliphatic rings. The Morgan fingerprint density at radius 2 is 2.00 bits per heavy atom. The number of carboxylic acids is 1. The summed E-state index contributed by atoms with van der Waals surface area (Å²) in [6.07, 6.45) is 13.6. The van der Waals surface area contributed by atoms with Gasteiger partial charge in [0.2, 0.25) is 0 Å². The maximum Gasteiger partial charge on any atom is 0.330 e. The van der Waals surface area contributed by atoms with Gasteiger partial charge in [-0.25, -0.2) is 4.79 Å². The fourth-order valence-electron chi connectivity index (χ4n) is 5.08. The van der Waals surface area contributed by atoms with Gasteiger partial charge in [0, 0.05) is 34.4 Å². The van der Waals surface area contributed by atoms with Crippen LogP contribution < -0.4 is 4.74 Å². The Kier molecular flexibility index (Phi) is 6.54. The summed E-state index contributed by atoms with van der Waals surface area (Å²) in [6.45, 7) is 6.29. The summed E-state index contributed by atoms with van der Waals surface area (Å²) >= 11 is 0. The lowest BCUT2D eigenvalue weighted by molar-refractivity contribution is -0.132. The molecule has 0 heterocycles. The van der Waals surface area contributed by atoms with Crippen LogP contribution in [0.2, 0.25) is 0 Å². The number of methoxy groups -OCH3 is 1. The molecule has 0 radical (unpaired) electrons. The molecule has 1 aromatic rings. The average molecular weight is 446 g/mol. The minimum absolute atomic E-state index is 0.0900. The van der Waals surface area contributed by atoms with Gasteiger partial charge in [-0.1, -0.05) is 50.0 Å². The Morgan fingerprint density at radius 3 is 2.61 bits per heavy atom. The van der Waals surface area contributed by atoms with Crippen LogP contribution in [0.15, 0.2) is 47.6 Å². The summed E-state index contributed by atoms with van der Waals surface area (Å²) in [5.41, 5.74) is 5.11. The van der Waals surface area contributed by atoms with E-state index in [1.165, 1.54) is 24.0 Å². The van der Waals surface area contributed by atoms with E-state index in [0.29, 0.717) is 17.7 Å². The van der Waals surface area contributed by atoms with E-state index >= 15 is 0 Å². The second-order valence-electron chi connectivity index (χ2n) is 10.3. The van der Waals surface area contributed by atoms with Gasteiger partial charge in [-0.05, 0) is 75.1 Å². The van der Waals surface area contributed by atoms with Crippen molar-refractivity contribution in [3.8, 4) is 17.6 Å². The number of fused-ring (bicyclic) bond motifs is 1. The number of hydrogen-bond acceptors (Lipinski definition) is 3. The van der Waals surface area contributed by atoms with Crippen LogP contribution in [0.25, 0.3) is 0 Å². The first-order valence-electron chi connectivity index (χ1n) is 12.0. The molecular formula is C29H35NO3. The monoisotopic (exact) mass is 445 g/mol. The van der Waals surface area contributed by atoms with E-state index in [2.05, 4.69) is 55.8 Å². The standard InChI is InChI=1S/C29H35NO3/c1-19(28(31)32)16-21-9-6-20(7-10-21)8-11-22-17-24-27(26(18-22)33-5)25(14-15-29(24,2)3)30(4)23-12-13-23/h6-7,9,16-18,21,23,25H,10,12-15H2,1-5H3,(H,31,32)/b19-16+. The molecule has 0 saturated heterocycles. The quantitative estimate of drug-likeness (QED) is 0.461. The van der Waals surface area contributed by atoms with E-state index in [1.807, 2.05) is 12.2 Å². The minimum atomic E-state index is -0.868.